The van der Waals surface area contributed by atoms with Gasteiger partial charge in [-0.05, 0) is 12.3 Å². The van der Waals surface area contributed by atoms with Crippen molar-refractivity contribution < 1.29 is 14.6 Å². The zero-order chi connectivity index (χ0) is 18.2. The highest BCUT2D eigenvalue weighted by molar-refractivity contribution is 8.04. The van der Waals surface area contributed by atoms with Crippen LogP contribution >= 0.6 is 11.8 Å². The summed E-state index contributed by atoms with van der Waals surface area (Å²) in [6.45, 7) is 10.2. The Hall–Kier alpha value is -0.820. The van der Waals surface area contributed by atoms with Gasteiger partial charge in [-0.25, -0.2) is 5.43 Å². The van der Waals surface area contributed by atoms with Gasteiger partial charge in [0.25, 0.3) is 5.91 Å². The molecule has 138 valence electrons. The molecule has 2 unspecified atom stereocenters. The van der Waals surface area contributed by atoms with Crippen molar-refractivity contribution in [3.63, 3.8) is 0 Å². The third kappa shape index (κ3) is 6.59. The van der Waals surface area contributed by atoms with E-state index in [1.807, 2.05) is 26.0 Å². The molecule has 6 heteroatoms. The Morgan fingerprint density at radius 1 is 1.58 bits per heavy atom. The summed E-state index contributed by atoms with van der Waals surface area (Å²) in [5, 5.41) is 10.7. The Kier molecular flexibility index (Phi) is 9.05. The van der Waals surface area contributed by atoms with Crippen LogP contribution in [0.25, 0.3) is 0 Å². The lowest BCUT2D eigenvalue weighted by atomic mass is 10.0. The number of allylic oxidation sites excluding steroid dienone is 2. The number of unbranched alkanes of at least 4 members (excludes halogenated alkanes) is 1. The molecule has 0 aromatic rings. The quantitative estimate of drug-likeness (QED) is 0.302. The minimum Gasteiger partial charge on any atom is -0.364 e. The van der Waals surface area contributed by atoms with Crippen LogP contribution < -0.4 is 10.9 Å². The van der Waals surface area contributed by atoms with Crippen molar-refractivity contribution in [3.8, 4) is 0 Å². The Balaban J connectivity index is 2.49. The Bertz CT molecular complexity index is 454. The number of aliphatic hydroxyl groups is 1. The van der Waals surface area contributed by atoms with Crippen LogP contribution in [0.2, 0.25) is 0 Å². The van der Waals surface area contributed by atoms with Gasteiger partial charge in [0.1, 0.15) is 0 Å². The summed E-state index contributed by atoms with van der Waals surface area (Å²) in [6, 6.07) is 0. The van der Waals surface area contributed by atoms with E-state index >= 15 is 0 Å². The van der Waals surface area contributed by atoms with E-state index < -0.39 is 5.79 Å². The normalized spacial score (nSPS) is 23.0. The molecule has 1 aliphatic heterocycles. The molecule has 0 aliphatic carbocycles. The first-order valence-electron chi connectivity index (χ1n) is 8.67. The number of ether oxygens (including phenoxy) is 1. The molecule has 0 aromatic carbocycles. The number of methoxy groups -OCH3 is 1. The Morgan fingerprint density at radius 3 is 2.83 bits per heavy atom. The van der Waals surface area contributed by atoms with Gasteiger partial charge in [-0.1, -0.05) is 45.8 Å². The molecule has 0 aromatic heterocycles. The minimum absolute atomic E-state index is 0.134. The molecule has 1 aliphatic rings. The molecule has 0 bridgehead atoms. The molecule has 0 spiro atoms. The van der Waals surface area contributed by atoms with Crippen LogP contribution in [-0.2, 0) is 9.53 Å². The number of hydrogen-bond donors (Lipinski definition) is 3. The van der Waals surface area contributed by atoms with Gasteiger partial charge in [0.05, 0.1) is 11.4 Å². The zero-order valence-electron chi connectivity index (χ0n) is 15.3. The van der Waals surface area contributed by atoms with Crippen molar-refractivity contribution in [2.75, 3.05) is 13.7 Å². The maximum atomic E-state index is 12.3. The van der Waals surface area contributed by atoms with E-state index in [0.29, 0.717) is 16.6 Å². The first-order chi connectivity index (χ1) is 11.3. The summed E-state index contributed by atoms with van der Waals surface area (Å²) in [7, 11) is 1.47. The van der Waals surface area contributed by atoms with Gasteiger partial charge < -0.3 is 9.84 Å². The highest BCUT2D eigenvalue weighted by Crippen LogP contribution is 2.39. The molecule has 0 saturated carbocycles. The van der Waals surface area contributed by atoms with Crippen LogP contribution in [-0.4, -0.2) is 35.7 Å². The molecular formula is C18H32N2O3S. The lowest BCUT2D eigenvalue weighted by Gasteiger charge is -2.28. The number of rotatable bonds is 11. The van der Waals surface area contributed by atoms with Crippen LogP contribution in [0, 0.1) is 11.8 Å². The van der Waals surface area contributed by atoms with E-state index in [0.717, 1.165) is 19.3 Å². The predicted octanol–water partition coefficient (Wildman–Crippen LogP) is 2.98. The topological polar surface area (TPSA) is 70.6 Å². The summed E-state index contributed by atoms with van der Waals surface area (Å²) >= 11 is 1.61. The zero-order valence-corrected chi connectivity index (χ0v) is 16.1. The average Bonchev–Trinajstić information content (AvgIpc) is 2.95. The predicted molar refractivity (Wildman–Crippen MR) is 100 cm³/mol. The Morgan fingerprint density at radius 2 is 2.29 bits per heavy atom. The van der Waals surface area contributed by atoms with E-state index in [2.05, 4.69) is 24.4 Å². The molecule has 1 heterocycles. The van der Waals surface area contributed by atoms with Gasteiger partial charge in [-0.15, -0.1) is 18.3 Å². The third-order valence-corrected chi connectivity index (χ3v) is 5.49. The number of hydrogen-bond acceptors (Lipinski definition) is 5. The van der Waals surface area contributed by atoms with Crippen molar-refractivity contribution in [2.45, 2.75) is 57.5 Å². The number of thioether (sulfide) groups is 1. The van der Waals surface area contributed by atoms with Crippen molar-refractivity contribution >= 4 is 17.7 Å². The molecule has 1 rings (SSSR count). The van der Waals surface area contributed by atoms with Crippen LogP contribution in [0.1, 0.15) is 46.5 Å². The van der Waals surface area contributed by atoms with Gasteiger partial charge in [0.2, 0.25) is 0 Å². The monoisotopic (exact) mass is 356 g/mol. The SMILES string of the molecule is C=C[C@H]1C=C(C(=O)NNCC(O)(CC(C)C)OC)SC1CCCC. The summed E-state index contributed by atoms with van der Waals surface area (Å²) in [4.78, 5) is 13.0. The van der Waals surface area contributed by atoms with Crippen LogP contribution in [0.15, 0.2) is 23.6 Å². The first-order valence-corrected chi connectivity index (χ1v) is 9.55. The minimum atomic E-state index is -1.29. The lowest BCUT2D eigenvalue weighted by molar-refractivity contribution is -0.192. The van der Waals surface area contributed by atoms with Crippen LogP contribution in [0.4, 0.5) is 0 Å². The largest absolute Gasteiger partial charge is 0.364 e. The first kappa shape index (κ1) is 21.2. The van der Waals surface area contributed by atoms with E-state index in [-0.39, 0.29) is 24.3 Å². The van der Waals surface area contributed by atoms with E-state index in [9.17, 15) is 9.90 Å². The van der Waals surface area contributed by atoms with Gasteiger partial charge in [-0.2, -0.15) is 0 Å². The van der Waals surface area contributed by atoms with Crippen molar-refractivity contribution in [2.24, 2.45) is 11.8 Å². The molecule has 0 fully saturated rings. The molecule has 0 saturated heterocycles. The summed E-state index contributed by atoms with van der Waals surface area (Å²) < 4.78 is 5.16. The molecule has 3 atom stereocenters. The van der Waals surface area contributed by atoms with Gasteiger partial charge in [0, 0.05) is 24.7 Å². The molecule has 24 heavy (non-hydrogen) atoms. The average molecular weight is 357 g/mol. The van der Waals surface area contributed by atoms with E-state index in [1.165, 1.54) is 7.11 Å². The number of carbonyl (C=O) groups is 1. The van der Waals surface area contributed by atoms with Crippen LogP contribution in [0.5, 0.6) is 0 Å². The second kappa shape index (κ2) is 10.2. The molecule has 0 radical (unpaired) electrons. The van der Waals surface area contributed by atoms with Gasteiger partial charge in [-0.3, -0.25) is 10.2 Å². The second-order valence-corrected chi connectivity index (χ2v) is 7.98. The van der Waals surface area contributed by atoms with Gasteiger partial charge >= 0.3 is 0 Å². The number of amides is 1. The van der Waals surface area contributed by atoms with Crippen molar-refractivity contribution in [1.29, 1.82) is 0 Å². The molecule has 3 N–H and O–H groups in total. The summed E-state index contributed by atoms with van der Waals surface area (Å²) in [6.07, 6.45) is 7.76. The van der Waals surface area contributed by atoms with Crippen molar-refractivity contribution in [3.05, 3.63) is 23.6 Å². The second-order valence-electron chi connectivity index (χ2n) is 6.70. The number of hydrazine groups is 1. The maximum absolute atomic E-state index is 12.3. The number of carbonyl (C=O) groups excluding carboxylic acids is 1. The number of nitrogens with one attached hydrogen (secondary N) is 2. The Labute approximate surface area is 150 Å². The fraction of sp³-hybridized carbons (Fsp3) is 0.722. The standard InChI is InChI=1S/C18H32N2O3S/c1-6-8-9-15-14(7-2)10-16(24-15)17(21)20-19-12-18(22,23-5)11-13(3)4/h7,10,13-15,19,22H,2,6,8-9,11-12H2,1,3-5H3,(H,20,21)/t14-,15?,18?/m0/s1. The summed E-state index contributed by atoms with van der Waals surface area (Å²) in [5.41, 5.74) is 5.45. The van der Waals surface area contributed by atoms with E-state index in [4.69, 9.17) is 4.74 Å². The smallest absolute Gasteiger partial charge is 0.271 e. The van der Waals surface area contributed by atoms with Crippen LogP contribution in [0.3, 0.4) is 0 Å². The van der Waals surface area contributed by atoms with Gasteiger partial charge in [0.15, 0.2) is 5.79 Å². The highest BCUT2D eigenvalue weighted by Gasteiger charge is 2.30. The van der Waals surface area contributed by atoms with Crippen molar-refractivity contribution in [1.82, 2.24) is 10.9 Å². The molecule has 5 nitrogen and oxygen atoms in total. The third-order valence-electron chi connectivity index (χ3n) is 4.06. The molecule has 1 amide bonds. The summed E-state index contributed by atoms with van der Waals surface area (Å²) in [5.74, 6) is -0.937. The molecular weight excluding hydrogens is 324 g/mol. The highest BCUT2D eigenvalue weighted by atomic mass is 32.2. The maximum Gasteiger partial charge on any atom is 0.271 e. The fourth-order valence-electron chi connectivity index (χ4n) is 2.76. The fourth-order valence-corrected chi connectivity index (χ4v) is 4.11. The van der Waals surface area contributed by atoms with E-state index in [1.54, 1.807) is 11.8 Å². The lowest BCUT2D eigenvalue weighted by Crippen LogP contribution is -2.49.